The zero-order valence-corrected chi connectivity index (χ0v) is 13.6. The van der Waals surface area contributed by atoms with Crippen molar-refractivity contribution in [2.24, 2.45) is 0 Å². The van der Waals surface area contributed by atoms with Gasteiger partial charge in [-0.1, -0.05) is 41.5 Å². The van der Waals surface area contributed by atoms with E-state index in [9.17, 15) is 4.79 Å². The Morgan fingerprint density at radius 2 is 2.05 bits per heavy atom. The first kappa shape index (κ1) is 15.1. The van der Waals surface area contributed by atoms with E-state index in [0.29, 0.717) is 11.1 Å². The van der Waals surface area contributed by atoms with Crippen molar-refractivity contribution >= 4 is 33.7 Å². The number of rotatable bonds is 5. The highest BCUT2D eigenvalue weighted by Gasteiger charge is 2.15. The van der Waals surface area contributed by atoms with E-state index in [1.807, 2.05) is 35.0 Å². The Balaban J connectivity index is 2.43. The van der Waals surface area contributed by atoms with E-state index in [1.165, 1.54) is 11.8 Å². The standard InChI is InChI=1S/C14H15BrN2O2S/c1-9(2)12-7-16-14(20-8-13(18)19)17(12)11-5-3-10(15)4-6-11/h3-7,9H,8H2,1-2H3,(H,18,19). The molecule has 1 aromatic heterocycles. The van der Waals surface area contributed by atoms with Gasteiger partial charge in [0.15, 0.2) is 5.16 Å². The van der Waals surface area contributed by atoms with Crippen LogP contribution >= 0.6 is 27.7 Å². The molecule has 106 valence electrons. The molecule has 1 heterocycles. The van der Waals surface area contributed by atoms with Crippen molar-refractivity contribution in [3.63, 3.8) is 0 Å². The van der Waals surface area contributed by atoms with Crippen molar-refractivity contribution in [1.82, 2.24) is 9.55 Å². The lowest BCUT2D eigenvalue weighted by Gasteiger charge is -2.13. The average Bonchev–Trinajstić information content (AvgIpc) is 2.81. The predicted molar refractivity (Wildman–Crippen MR) is 83.7 cm³/mol. The number of carboxylic acids is 1. The zero-order valence-electron chi connectivity index (χ0n) is 11.2. The van der Waals surface area contributed by atoms with E-state index < -0.39 is 5.97 Å². The van der Waals surface area contributed by atoms with Crippen molar-refractivity contribution in [3.05, 3.63) is 40.6 Å². The third-order valence-corrected chi connectivity index (χ3v) is 4.22. The van der Waals surface area contributed by atoms with Gasteiger partial charge in [0.05, 0.1) is 11.9 Å². The summed E-state index contributed by atoms with van der Waals surface area (Å²) in [6.07, 6.45) is 1.82. The van der Waals surface area contributed by atoms with Crippen LogP contribution in [0, 0.1) is 0 Å². The Labute approximate surface area is 130 Å². The van der Waals surface area contributed by atoms with Crippen LogP contribution in [0.2, 0.25) is 0 Å². The molecule has 0 amide bonds. The van der Waals surface area contributed by atoms with Crippen LogP contribution in [0.15, 0.2) is 40.1 Å². The van der Waals surface area contributed by atoms with Crippen molar-refractivity contribution < 1.29 is 9.90 Å². The Morgan fingerprint density at radius 3 is 2.60 bits per heavy atom. The summed E-state index contributed by atoms with van der Waals surface area (Å²) in [7, 11) is 0. The number of aromatic nitrogens is 2. The van der Waals surface area contributed by atoms with Crippen molar-refractivity contribution in [2.45, 2.75) is 24.9 Å². The van der Waals surface area contributed by atoms with Crippen LogP contribution in [-0.4, -0.2) is 26.4 Å². The number of hydrogen-bond donors (Lipinski definition) is 1. The summed E-state index contributed by atoms with van der Waals surface area (Å²) in [5.41, 5.74) is 2.06. The van der Waals surface area contributed by atoms with Gasteiger partial charge in [-0.25, -0.2) is 4.98 Å². The Morgan fingerprint density at radius 1 is 1.40 bits per heavy atom. The van der Waals surface area contributed by atoms with E-state index in [1.54, 1.807) is 0 Å². The number of carbonyl (C=O) groups is 1. The highest BCUT2D eigenvalue weighted by atomic mass is 79.9. The summed E-state index contributed by atoms with van der Waals surface area (Å²) in [6, 6.07) is 7.90. The molecule has 20 heavy (non-hydrogen) atoms. The summed E-state index contributed by atoms with van der Waals surface area (Å²) < 4.78 is 3.03. The van der Waals surface area contributed by atoms with Crippen LogP contribution in [0.5, 0.6) is 0 Å². The van der Waals surface area contributed by atoms with Crippen LogP contribution in [-0.2, 0) is 4.79 Å². The van der Waals surface area contributed by atoms with Gasteiger partial charge in [-0.15, -0.1) is 0 Å². The normalized spacial score (nSPS) is 11.0. The van der Waals surface area contributed by atoms with Gasteiger partial charge in [0.25, 0.3) is 0 Å². The summed E-state index contributed by atoms with van der Waals surface area (Å²) in [5.74, 6) is -0.526. The maximum Gasteiger partial charge on any atom is 0.313 e. The first-order valence-corrected chi connectivity index (χ1v) is 7.95. The maximum atomic E-state index is 10.7. The Bertz CT molecular complexity index is 608. The molecule has 0 saturated carbocycles. The fourth-order valence-electron chi connectivity index (χ4n) is 1.83. The van der Waals surface area contributed by atoms with Gasteiger partial charge >= 0.3 is 5.97 Å². The second-order valence-electron chi connectivity index (χ2n) is 4.61. The summed E-state index contributed by atoms with van der Waals surface area (Å²) in [5, 5.41) is 9.53. The molecule has 1 N–H and O–H groups in total. The Kier molecular flexibility index (Phi) is 4.88. The molecule has 6 heteroatoms. The van der Waals surface area contributed by atoms with E-state index >= 15 is 0 Å². The molecule has 0 aliphatic carbocycles. The minimum Gasteiger partial charge on any atom is -0.481 e. The molecule has 0 unspecified atom stereocenters. The van der Waals surface area contributed by atoms with Gasteiger partial charge in [-0.2, -0.15) is 0 Å². The molecular weight excluding hydrogens is 340 g/mol. The lowest BCUT2D eigenvalue weighted by molar-refractivity contribution is -0.133. The number of halogens is 1. The summed E-state index contributed by atoms with van der Waals surface area (Å²) in [4.78, 5) is 15.1. The maximum absolute atomic E-state index is 10.7. The minimum absolute atomic E-state index is 0.00504. The van der Waals surface area contributed by atoms with Crippen molar-refractivity contribution in [2.75, 3.05) is 5.75 Å². The zero-order chi connectivity index (χ0) is 14.7. The smallest absolute Gasteiger partial charge is 0.313 e. The molecule has 4 nitrogen and oxygen atoms in total. The molecule has 1 aromatic carbocycles. The third-order valence-electron chi connectivity index (χ3n) is 2.76. The molecule has 0 aliphatic heterocycles. The second-order valence-corrected chi connectivity index (χ2v) is 6.47. The monoisotopic (exact) mass is 354 g/mol. The fraction of sp³-hybridized carbons (Fsp3) is 0.286. The minimum atomic E-state index is -0.841. The quantitative estimate of drug-likeness (QED) is 0.826. The molecule has 0 atom stereocenters. The molecule has 0 bridgehead atoms. The largest absolute Gasteiger partial charge is 0.481 e. The highest BCUT2D eigenvalue weighted by molar-refractivity contribution is 9.10. The third kappa shape index (κ3) is 3.43. The van der Waals surface area contributed by atoms with E-state index in [-0.39, 0.29) is 5.75 Å². The van der Waals surface area contributed by atoms with Crippen LogP contribution < -0.4 is 0 Å². The summed E-state index contributed by atoms with van der Waals surface area (Å²) >= 11 is 4.65. The van der Waals surface area contributed by atoms with Crippen molar-refractivity contribution in [3.8, 4) is 5.69 Å². The number of thioether (sulfide) groups is 1. The van der Waals surface area contributed by atoms with E-state index in [2.05, 4.69) is 34.8 Å². The molecule has 2 aromatic rings. The predicted octanol–water partition coefficient (Wildman–Crippen LogP) is 3.93. The fourth-order valence-corrected chi connectivity index (χ4v) is 2.82. The van der Waals surface area contributed by atoms with Crippen LogP contribution in [0.4, 0.5) is 0 Å². The van der Waals surface area contributed by atoms with Crippen LogP contribution in [0.1, 0.15) is 25.5 Å². The van der Waals surface area contributed by atoms with E-state index in [4.69, 9.17) is 5.11 Å². The molecule has 2 rings (SSSR count). The lowest BCUT2D eigenvalue weighted by atomic mass is 10.1. The van der Waals surface area contributed by atoms with Gasteiger partial charge in [0.1, 0.15) is 0 Å². The second kappa shape index (κ2) is 6.45. The molecule has 0 spiro atoms. The first-order chi connectivity index (χ1) is 9.49. The van der Waals surface area contributed by atoms with Crippen LogP contribution in [0.25, 0.3) is 5.69 Å². The SMILES string of the molecule is CC(C)c1cnc(SCC(=O)O)n1-c1ccc(Br)cc1. The number of aliphatic carboxylic acids is 1. The number of nitrogens with zero attached hydrogens (tertiary/aromatic N) is 2. The summed E-state index contributed by atoms with van der Waals surface area (Å²) in [6.45, 7) is 4.19. The van der Waals surface area contributed by atoms with Gasteiger partial charge in [0.2, 0.25) is 0 Å². The van der Waals surface area contributed by atoms with Crippen LogP contribution in [0.3, 0.4) is 0 Å². The molecule has 0 saturated heterocycles. The lowest BCUT2D eigenvalue weighted by Crippen LogP contribution is -2.05. The molecular formula is C14H15BrN2O2S. The Hall–Kier alpha value is -1.27. The highest BCUT2D eigenvalue weighted by Crippen LogP contribution is 2.28. The van der Waals surface area contributed by atoms with Crippen molar-refractivity contribution in [1.29, 1.82) is 0 Å². The molecule has 0 aliphatic rings. The first-order valence-electron chi connectivity index (χ1n) is 6.17. The number of imidazole rings is 1. The van der Waals surface area contributed by atoms with Gasteiger partial charge < -0.3 is 5.11 Å². The topological polar surface area (TPSA) is 55.1 Å². The number of benzene rings is 1. The van der Waals surface area contributed by atoms with Gasteiger partial charge in [-0.3, -0.25) is 9.36 Å². The number of carboxylic acid groups (broad SMARTS) is 1. The van der Waals surface area contributed by atoms with Gasteiger partial charge in [0, 0.05) is 15.9 Å². The number of hydrogen-bond acceptors (Lipinski definition) is 3. The molecule has 0 fully saturated rings. The van der Waals surface area contributed by atoms with E-state index in [0.717, 1.165) is 15.9 Å². The molecule has 0 radical (unpaired) electrons. The van der Waals surface area contributed by atoms with Gasteiger partial charge in [-0.05, 0) is 30.2 Å². The average molecular weight is 355 g/mol.